The Balaban J connectivity index is 2.44. The van der Waals surface area contributed by atoms with Crippen molar-refractivity contribution in [2.24, 2.45) is 10.3 Å². The molecule has 28 heavy (non-hydrogen) atoms. The predicted molar refractivity (Wildman–Crippen MR) is 107 cm³/mol. The Morgan fingerprint density at radius 1 is 1.21 bits per heavy atom. The Bertz CT molecular complexity index is 868. The van der Waals surface area contributed by atoms with Crippen molar-refractivity contribution in [1.29, 1.82) is 0 Å². The summed E-state index contributed by atoms with van der Waals surface area (Å²) in [5.41, 5.74) is 3.09. The number of aliphatic hydroxyl groups is 1. The fourth-order valence-electron chi connectivity index (χ4n) is 2.92. The van der Waals surface area contributed by atoms with Crippen LogP contribution in [-0.4, -0.2) is 40.9 Å². The molecule has 0 radical (unpaired) electrons. The van der Waals surface area contributed by atoms with E-state index in [0.717, 1.165) is 29.3 Å². The molecule has 0 aromatic heterocycles. The number of hydrogen-bond acceptors (Lipinski definition) is 6. The first-order valence-corrected chi connectivity index (χ1v) is 9.15. The van der Waals surface area contributed by atoms with Gasteiger partial charge in [0.25, 0.3) is 5.91 Å². The lowest BCUT2D eigenvalue weighted by atomic mass is 10.0. The molecular weight excluding hydrogens is 360 g/mol. The van der Waals surface area contributed by atoms with E-state index >= 15 is 0 Å². The molecule has 0 heterocycles. The van der Waals surface area contributed by atoms with Crippen LogP contribution in [0.5, 0.6) is 11.5 Å². The molecule has 0 aliphatic heterocycles. The zero-order valence-electron chi connectivity index (χ0n) is 16.3. The van der Waals surface area contributed by atoms with E-state index < -0.39 is 5.91 Å². The molecule has 4 N–H and O–H groups in total. The third kappa shape index (κ3) is 4.77. The zero-order chi connectivity index (χ0) is 20.7. The Morgan fingerprint density at radius 2 is 1.96 bits per heavy atom. The average Bonchev–Trinajstić information content (AvgIpc) is 2.67. The third-order valence-electron chi connectivity index (χ3n) is 4.29. The molecule has 0 bridgehead atoms. The number of hydrogen-bond donors (Lipinski definition) is 4. The second kappa shape index (κ2) is 9.70. The van der Waals surface area contributed by atoms with Gasteiger partial charge in [0.2, 0.25) is 0 Å². The van der Waals surface area contributed by atoms with Gasteiger partial charge in [-0.15, -0.1) is 5.11 Å². The van der Waals surface area contributed by atoms with E-state index in [1.807, 2.05) is 32.0 Å². The first kappa shape index (κ1) is 21.2. The standard InChI is InChI=1S/C20H26N4O4/c1-4-15-13(3)7-6-8-17(15)24(5-2)23-22-19-16(20(28)21-9-10-25)11-14(26)12-18(19)27/h6-8,11-12,25-27H,4-5,9-10H2,1-3H3,(H,21,28). The number of aryl methyl sites for hydroxylation is 1. The maximum atomic E-state index is 12.3. The first-order valence-electron chi connectivity index (χ1n) is 9.15. The van der Waals surface area contributed by atoms with E-state index in [1.165, 1.54) is 6.07 Å². The normalized spacial score (nSPS) is 11.0. The van der Waals surface area contributed by atoms with Crippen molar-refractivity contribution in [3.63, 3.8) is 0 Å². The number of carbonyl (C=O) groups is 1. The number of aliphatic hydroxyl groups excluding tert-OH is 1. The van der Waals surface area contributed by atoms with E-state index in [9.17, 15) is 15.0 Å². The van der Waals surface area contributed by atoms with Crippen molar-refractivity contribution in [1.82, 2.24) is 5.32 Å². The van der Waals surface area contributed by atoms with Gasteiger partial charge in [0.05, 0.1) is 17.9 Å². The molecular formula is C20H26N4O4. The molecule has 0 fully saturated rings. The van der Waals surface area contributed by atoms with Gasteiger partial charge < -0.3 is 20.6 Å². The van der Waals surface area contributed by atoms with Crippen molar-refractivity contribution in [3.05, 3.63) is 47.0 Å². The molecule has 150 valence electrons. The lowest BCUT2D eigenvalue weighted by Crippen LogP contribution is -2.26. The van der Waals surface area contributed by atoms with Gasteiger partial charge >= 0.3 is 0 Å². The number of aromatic hydroxyl groups is 2. The van der Waals surface area contributed by atoms with Crippen LogP contribution in [0.4, 0.5) is 11.4 Å². The van der Waals surface area contributed by atoms with E-state index in [2.05, 4.69) is 22.6 Å². The minimum Gasteiger partial charge on any atom is -0.508 e. The van der Waals surface area contributed by atoms with Crippen molar-refractivity contribution >= 4 is 17.3 Å². The minimum atomic E-state index is -0.581. The van der Waals surface area contributed by atoms with E-state index in [4.69, 9.17) is 5.11 Å². The molecule has 0 spiro atoms. The summed E-state index contributed by atoms with van der Waals surface area (Å²) in [6, 6.07) is 8.20. The zero-order valence-corrected chi connectivity index (χ0v) is 16.3. The Labute approximate surface area is 164 Å². The highest BCUT2D eigenvalue weighted by Gasteiger charge is 2.18. The lowest BCUT2D eigenvalue weighted by molar-refractivity contribution is 0.0944. The number of amides is 1. The summed E-state index contributed by atoms with van der Waals surface area (Å²) >= 11 is 0. The summed E-state index contributed by atoms with van der Waals surface area (Å²) in [7, 11) is 0. The summed E-state index contributed by atoms with van der Waals surface area (Å²) in [6.45, 7) is 6.35. The van der Waals surface area contributed by atoms with Gasteiger partial charge in [0, 0.05) is 19.2 Å². The molecule has 0 atom stereocenters. The van der Waals surface area contributed by atoms with Gasteiger partial charge in [-0.2, -0.15) is 0 Å². The van der Waals surface area contributed by atoms with Crippen LogP contribution in [0.2, 0.25) is 0 Å². The molecule has 0 unspecified atom stereocenters. The number of carbonyl (C=O) groups excluding carboxylic acids is 1. The number of phenols is 2. The topological polar surface area (TPSA) is 118 Å². The highest BCUT2D eigenvalue weighted by atomic mass is 16.3. The molecule has 0 saturated carbocycles. The van der Waals surface area contributed by atoms with E-state index in [-0.39, 0.29) is 35.9 Å². The SMILES string of the molecule is CCc1c(C)cccc1N(CC)N=Nc1c(O)cc(O)cc1C(=O)NCCO. The van der Waals surface area contributed by atoms with Crippen molar-refractivity contribution in [3.8, 4) is 11.5 Å². The molecule has 8 heteroatoms. The quantitative estimate of drug-likeness (QED) is 0.410. The minimum absolute atomic E-state index is 0.0364. The first-order chi connectivity index (χ1) is 13.4. The van der Waals surface area contributed by atoms with Crippen molar-refractivity contribution in [2.45, 2.75) is 27.2 Å². The van der Waals surface area contributed by atoms with Gasteiger partial charge in [-0.3, -0.25) is 4.79 Å². The van der Waals surface area contributed by atoms with Crippen LogP contribution in [0.15, 0.2) is 40.7 Å². The van der Waals surface area contributed by atoms with Crippen LogP contribution in [0.3, 0.4) is 0 Å². The van der Waals surface area contributed by atoms with Crippen molar-refractivity contribution in [2.75, 3.05) is 24.7 Å². The van der Waals surface area contributed by atoms with E-state index in [1.54, 1.807) is 5.01 Å². The van der Waals surface area contributed by atoms with Gasteiger partial charge in [-0.1, -0.05) is 24.3 Å². The Hall–Kier alpha value is -3.13. The fraction of sp³-hybridized carbons (Fsp3) is 0.350. The summed E-state index contributed by atoms with van der Waals surface area (Å²) in [5.74, 6) is -1.22. The van der Waals surface area contributed by atoms with Crippen molar-refractivity contribution < 1.29 is 20.1 Å². The molecule has 2 aromatic rings. The van der Waals surface area contributed by atoms with Crippen LogP contribution in [0, 0.1) is 6.92 Å². The molecule has 1 amide bonds. The highest BCUT2D eigenvalue weighted by Crippen LogP contribution is 2.35. The molecule has 0 aliphatic rings. The van der Waals surface area contributed by atoms with Crippen LogP contribution in [-0.2, 0) is 6.42 Å². The predicted octanol–water partition coefficient (Wildman–Crippen LogP) is 3.22. The maximum absolute atomic E-state index is 12.3. The highest BCUT2D eigenvalue weighted by molar-refractivity contribution is 6.00. The van der Waals surface area contributed by atoms with Crippen LogP contribution in [0.1, 0.15) is 35.3 Å². The number of rotatable bonds is 8. The number of benzene rings is 2. The number of phenolic OH excluding ortho intramolecular Hbond substituents is 2. The van der Waals surface area contributed by atoms with Gasteiger partial charge in [-0.05, 0) is 43.5 Å². The molecule has 0 saturated heterocycles. The summed E-state index contributed by atoms with van der Waals surface area (Å²) in [4.78, 5) is 12.3. The Kier molecular flexibility index (Phi) is 7.34. The Morgan fingerprint density at radius 3 is 2.61 bits per heavy atom. The molecule has 8 nitrogen and oxygen atoms in total. The van der Waals surface area contributed by atoms with Crippen LogP contribution in [0.25, 0.3) is 0 Å². The average molecular weight is 386 g/mol. The van der Waals surface area contributed by atoms with Gasteiger partial charge in [-0.25, -0.2) is 5.01 Å². The number of nitrogens with one attached hydrogen (secondary N) is 1. The largest absolute Gasteiger partial charge is 0.508 e. The van der Waals surface area contributed by atoms with Crippen LogP contribution < -0.4 is 10.3 Å². The monoisotopic (exact) mass is 386 g/mol. The number of nitrogens with zero attached hydrogens (tertiary/aromatic N) is 3. The molecule has 2 aromatic carbocycles. The molecule has 2 rings (SSSR count). The fourth-order valence-corrected chi connectivity index (χ4v) is 2.92. The third-order valence-corrected chi connectivity index (χ3v) is 4.29. The summed E-state index contributed by atoms with van der Waals surface area (Å²) < 4.78 is 0. The summed E-state index contributed by atoms with van der Waals surface area (Å²) in [5, 5.41) is 41.3. The maximum Gasteiger partial charge on any atom is 0.253 e. The smallest absolute Gasteiger partial charge is 0.253 e. The van der Waals surface area contributed by atoms with Gasteiger partial charge in [0.15, 0.2) is 0 Å². The van der Waals surface area contributed by atoms with E-state index in [0.29, 0.717) is 6.54 Å². The van der Waals surface area contributed by atoms with Crippen LogP contribution >= 0.6 is 0 Å². The second-order valence-corrected chi connectivity index (χ2v) is 6.17. The van der Waals surface area contributed by atoms with Gasteiger partial charge in [0.1, 0.15) is 17.2 Å². The lowest BCUT2D eigenvalue weighted by Gasteiger charge is -2.20. The summed E-state index contributed by atoms with van der Waals surface area (Å²) in [6.07, 6.45) is 0.827. The second-order valence-electron chi connectivity index (χ2n) is 6.17. The number of anilines is 1. The molecule has 0 aliphatic carbocycles.